The van der Waals surface area contributed by atoms with Crippen LogP contribution in [0, 0.1) is 0 Å². The fourth-order valence-electron chi connectivity index (χ4n) is 4.38. The Morgan fingerprint density at radius 3 is 2.14 bits per heavy atom. The lowest BCUT2D eigenvalue weighted by Crippen LogP contribution is -2.28. The van der Waals surface area contributed by atoms with Gasteiger partial charge in [0.25, 0.3) is 11.7 Å². The molecule has 0 saturated heterocycles. The Bertz CT molecular complexity index is 2120. The Balaban J connectivity index is 0.000000755. The minimum absolute atomic E-state index is 0.0663. The standard InChI is InChI=1S/C26H26F5N9O3S.C2HF3O2/c1-32-14-25(27,28)17-7-10-20-34-21(22(39(20)12-17)19-13-38(15-33-19)44(41,42)37(2)3)23-35-24(26(29,30)31)36-40(23)11-16-5-8-18(43-4)9-6-16;3-2(4,5)1(6)7/h5-10,12-13,15,32H,11,14H2,1-4H3;(H,6,7). The molecule has 0 fully saturated rings. The molecule has 0 amide bonds. The van der Waals surface area contributed by atoms with Crippen molar-refractivity contribution in [1.82, 2.24) is 42.7 Å². The number of nitrogens with one attached hydrogen (secondary N) is 1. The molecule has 0 spiro atoms. The van der Waals surface area contributed by atoms with Gasteiger partial charge in [0.1, 0.15) is 34.8 Å². The summed E-state index contributed by atoms with van der Waals surface area (Å²) in [7, 11) is 1.37. The van der Waals surface area contributed by atoms with E-state index in [0.29, 0.717) is 11.3 Å². The third kappa shape index (κ3) is 8.42. The minimum atomic E-state index is -5.08. The van der Waals surface area contributed by atoms with Crippen molar-refractivity contribution in [2.24, 2.45) is 0 Å². The predicted molar refractivity (Wildman–Crippen MR) is 162 cm³/mol. The first kappa shape index (κ1) is 38.6. The SMILES string of the molecule is CNCC(F)(F)c1ccc2nc(-c3nc(C(F)(F)F)nn3Cc3ccc(OC)cc3)c(-c3cn(S(=O)(=O)N(C)C)cn3)n2c1.O=C(O)C(F)(F)F. The highest BCUT2D eigenvalue weighted by molar-refractivity contribution is 7.87. The van der Waals surface area contributed by atoms with Crippen LogP contribution in [0.4, 0.5) is 35.1 Å². The molecule has 5 aromatic rings. The highest BCUT2D eigenvalue weighted by Crippen LogP contribution is 2.36. The molecule has 0 atom stereocenters. The zero-order valence-electron chi connectivity index (χ0n) is 26.7. The molecule has 51 heavy (non-hydrogen) atoms. The smallest absolute Gasteiger partial charge is 0.490 e. The van der Waals surface area contributed by atoms with Gasteiger partial charge in [0.05, 0.1) is 26.4 Å². The van der Waals surface area contributed by atoms with E-state index in [4.69, 9.17) is 14.6 Å². The number of hydrogen-bond donors (Lipinski definition) is 2. The summed E-state index contributed by atoms with van der Waals surface area (Å²) in [6, 6.07) is 8.92. The van der Waals surface area contributed by atoms with Crippen LogP contribution in [0.1, 0.15) is 17.0 Å². The molecule has 0 aliphatic carbocycles. The summed E-state index contributed by atoms with van der Waals surface area (Å²) in [5.74, 6) is -7.37. The molecule has 14 nitrogen and oxygen atoms in total. The maximum absolute atomic E-state index is 14.9. The van der Waals surface area contributed by atoms with Crippen LogP contribution >= 0.6 is 0 Å². The number of rotatable bonds is 10. The molecule has 2 N–H and O–H groups in total. The summed E-state index contributed by atoms with van der Waals surface area (Å²) in [5.41, 5.74) is -0.168. The Labute approximate surface area is 283 Å². The number of aromatic nitrogens is 7. The zero-order valence-corrected chi connectivity index (χ0v) is 27.5. The predicted octanol–water partition coefficient (Wildman–Crippen LogP) is 4.13. The number of imidazole rings is 2. The molecular formula is C28H27F8N9O5S. The van der Waals surface area contributed by atoms with E-state index in [1.807, 2.05) is 0 Å². The number of methoxy groups -OCH3 is 1. The van der Waals surface area contributed by atoms with Crippen molar-refractivity contribution < 1.29 is 58.2 Å². The number of carboxylic acids is 1. The molecule has 4 aromatic heterocycles. The number of carbonyl (C=O) groups is 1. The maximum atomic E-state index is 14.9. The lowest BCUT2D eigenvalue weighted by atomic mass is 10.1. The highest BCUT2D eigenvalue weighted by Gasteiger charge is 2.39. The Morgan fingerprint density at radius 2 is 1.61 bits per heavy atom. The van der Waals surface area contributed by atoms with Gasteiger partial charge in [-0.1, -0.05) is 12.1 Å². The second-order valence-electron chi connectivity index (χ2n) is 10.6. The molecule has 23 heteroatoms. The van der Waals surface area contributed by atoms with Crippen molar-refractivity contribution in [3.05, 3.63) is 72.1 Å². The van der Waals surface area contributed by atoms with Crippen LogP contribution < -0.4 is 10.1 Å². The van der Waals surface area contributed by atoms with Crippen molar-refractivity contribution in [2.45, 2.75) is 24.8 Å². The lowest BCUT2D eigenvalue weighted by Gasteiger charge is -2.16. The second kappa shape index (κ2) is 14.2. The third-order valence-electron chi connectivity index (χ3n) is 6.84. The zero-order chi connectivity index (χ0) is 38.1. The molecule has 4 heterocycles. The molecule has 1 aromatic carbocycles. The first-order valence-electron chi connectivity index (χ1n) is 14.1. The van der Waals surface area contributed by atoms with Gasteiger partial charge in [-0.05, 0) is 36.9 Å². The second-order valence-corrected chi connectivity index (χ2v) is 12.7. The number of alkyl halides is 8. The third-order valence-corrected chi connectivity index (χ3v) is 8.50. The van der Waals surface area contributed by atoms with Gasteiger partial charge in [-0.25, -0.2) is 28.4 Å². The van der Waals surface area contributed by atoms with E-state index in [9.17, 15) is 43.5 Å². The number of ether oxygens (including phenoxy) is 1. The van der Waals surface area contributed by atoms with Crippen molar-refractivity contribution in [1.29, 1.82) is 0 Å². The fourth-order valence-corrected chi connectivity index (χ4v) is 5.16. The number of benzene rings is 1. The summed E-state index contributed by atoms with van der Waals surface area (Å²) >= 11 is 0. The average molecular weight is 754 g/mol. The number of halogens is 8. The molecule has 0 unspecified atom stereocenters. The number of hydrogen-bond acceptors (Lipinski definition) is 9. The van der Waals surface area contributed by atoms with Gasteiger partial charge < -0.3 is 15.2 Å². The largest absolute Gasteiger partial charge is 0.497 e. The van der Waals surface area contributed by atoms with Gasteiger partial charge in [0.2, 0.25) is 0 Å². The van der Waals surface area contributed by atoms with Crippen LogP contribution in [0.15, 0.2) is 55.1 Å². The molecule has 0 saturated carbocycles. The van der Waals surface area contributed by atoms with Gasteiger partial charge in [0, 0.05) is 25.9 Å². The van der Waals surface area contributed by atoms with Gasteiger partial charge in [-0.15, -0.1) is 5.10 Å². The molecule has 0 aliphatic heterocycles. The van der Waals surface area contributed by atoms with Gasteiger partial charge >= 0.3 is 28.5 Å². The maximum Gasteiger partial charge on any atom is 0.490 e. The minimum Gasteiger partial charge on any atom is -0.497 e. The number of nitrogens with zero attached hydrogens (tertiary/aromatic N) is 8. The first-order valence-corrected chi connectivity index (χ1v) is 15.5. The van der Waals surface area contributed by atoms with Gasteiger partial charge in [-0.2, -0.15) is 47.8 Å². The number of carboxylic acid groups (broad SMARTS) is 1. The summed E-state index contributed by atoms with van der Waals surface area (Å²) in [6.45, 7) is -0.874. The van der Waals surface area contributed by atoms with E-state index in [-0.39, 0.29) is 35.1 Å². The van der Waals surface area contributed by atoms with E-state index in [1.54, 1.807) is 24.3 Å². The van der Waals surface area contributed by atoms with Crippen molar-refractivity contribution in [3.8, 4) is 28.7 Å². The topological polar surface area (TPSA) is 162 Å². The normalized spacial score (nSPS) is 12.6. The van der Waals surface area contributed by atoms with Crippen LogP contribution in [0.3, 0.4) is 0 Å². The van der Waals surface area contributed by atoms with E-state index in [0.717, 1.165) is 37.7 Å². The highest BCUT2D eigenvalue weighted by atomic mass is 32.2. The summed E-state index contributed by atoms with van der Waals surface area (Å²) < 4.78 is 138. The fraction of sp³-hybridized carbons (Fsp3) is 0.321. The monoisotopic (exact) mass is 753 g/mol. The Morgan fingerprint density at radius 1 is 0.980 bits per heavy atom. The van der Waals surface area contributed by atoms with E-state index in [1.165, 1.54) is 38.7 Å². The average Bonchev–Trinajstić information content (AvgIpc) is 3.78. The quantitative estimate of drug-likeness (QED) is 0.199. The van der Waals surface area contributed by atoms with Crippen LogP contribution in [0.2, 0.25) is 0 Å². The molecular weight excluding hydrogens is 726 g/mol. The van der Waals surface area contributed by atoms with Crippen molar-refractivity contribution in [2.75, 3.05) is 34.8 Å². The number of fused-ring (bicyclic) bond motifs is 1. The number of likely N-dealkylation sites (N-methyl/N-ethyl adjacent to an activating group) is 1. The number of aliphatic carboxylic acids is 1. The molecule has 0 bridgehead atoms. The van der Waals surface area contributed by atoms with E-state index >= 15 is 0 Å². The summed E-state index contributed by atoms with van der Waals surface area (Å²) in [6.07, 6.45) is -6.85. The summed E-state index contributed by atoms with van der Waals surface area (Å²) in [5, 5.41) is 13.2. The van der Waals surface area contributed by atoms with Crippen LogP contribution in [-0.2, 0) is 33.6 Å². The van der Waals surface area contributed by atoms with Crippen molar-refractivity contribution in [3.63, 3.8) is 0 Å². The molecule has 5 rings (SSSR count). The van der Waals surface area contributed by atoms with E-state index in [2.05, 4.69) is 25.4 Å². The Kier molecular flexibility index (Phi) is 10.8. The van der Waals surface area contributed by atoms with Gasteiger partial charge in [-0.3, -0.25) is 4.40 Å². The van der Waals surface area contributed by atoms with Crippen LogP contribution in [-0.4, -0.2) is 97.9 Å². The van der Waals surface area contributed by atoms with Gasteiger partial charge in [0.15, 0.2) is 5.82 Å². The van der Waals surface area contributed by atoms with Crippen molar-refractivity contribution >= 4 is 21.8 Å². The Hall–Kier alpha value is -5.16. The lowest BCUT2D eigenvalue weighted by molar-refractivity contribution is -0.192. The van der Waals surface area contributed by atoms with Crippen LogP contribution in [0.5, 0.6) is 5.75 Å². The summed E-state index contributed by atoms with van der Waals surface area (Å²) in [4.78, 5) is 21.3. The first-order chi connectivity index (χ1) is 23.6. The van der Waals surface area contributed by atoms with Crippen LogP contribution in [0.25, 0.3) is 28.6 Å². The van der Waals surface area contributed by atoms with E-state index < -0.39 is 52.4 Å². The molecule has 276 valence electrons. The molecule has 0 aliphatic rings. The number of pyridine rings is 1. The molecule has 0 radical (unpaired) electrons.